The van der Waals surface area contributed by atoms with Crippen molar-refractivity contribution in [3.05, 3.63) is 215 Å². The second-order valence-corrected chi connectivity index (χ2v) is 14.6. The highest BCUT2D eigenvalue weighted by Gasteiger charge is 2.17. The lowest BCUT2D eigenvalue weighted by Crippen LogP contribution is -2.12. The van der Waals surface area contributed by atoms with Gasteiger partial charge in [-0.2, -0.15) is 0 Å². The summed E-state index contributed by atoms with van der Waals surface area (Å²) >= 11 is 0. The van der Waals surface area contributed by atoms with Crippen LogP contribution in [0.15, 0.2) is 182 Å². The second kappa shape index (κ2) is 19.5. The highest BCUT2D eigenvalue weighted by molar-refractivity contribution is 5.93. The van der Waals surface area contributed by atoms with Crippen molar-refractivity contribution >= 4 is 23.3 Å². The van der Waals surface area contributed by atoms with E-state index in [9.17, 15) is 0 Å². The fourth-order valence-electron chi connectivity index (χ4n) is 7.39. The van der Waals surface area contributed by atoms with Gasteiger partial charge in [-0.05, 0) is 92.3 Å². The molecule has 0 spiro atoms. The van der Waals surface area contributed by atoms with Gasteiger partial charge in [0.2, 0.25) is 0 Å². The number of rotatable bonds is 16. The molecule has 284 valence electrons. The summed E-state index contributed by atoms with van der Waals surface area (Å²) in [5.41, 5.74) is 13.6. The van der Waals surface area contributed by atoms with E-state index >= 15 is 0 Å². The van der Waals surface area contributed by atoms with Crippen LogP contribution in [0.5, 0.6) is 11.5 Å². The third-order valence-electron chi connectivity index (χ3n) is 10.7. The highest BCUT2D eigenvalue weighted by Crippen LogP contribution is 2.42. The first-order chi connectivity index (χ1) is 28.1. The summed E-state index contributed by atoms with van der Waals surface area (Å²) in [6.07, 6.45) is 9.20. The van der Waals surface area contributed by atoms with Crippen LogP contribution in [-0.2, 0) is 0 Å². The zero-order valence-corrected chi connectivity index (χ0v) is 33.4. The zero-order valence-electron chi connectivity index (χ0n) is 33.4. The van der Waals surface area contributed by atoms with Gasteiger partial charge >= 0.3 is 0 Å². The number of methoxy groups -OCH3 is 1. The van der Waals surface area contributed by atoms with Crippen LogP contribution < -0.4 is 9.47 Å². The first-order valence-corrected chi connectivity index (χ1v) is 20.3. The van der Waals surface area contributed by atoms with Gasteiger partial charge in [-0.15, -0.1) is 0 Å². The Morgan fingerprint density at radius 3 is 1.25 bits per heavy atom. The van der Waals surface area contributed by atoms with E-state index < -0.39 is 0 Å². The molecule has 0 aliphatic carbocycles. The van der Waals surface area contributed by atoms with E-state index in [4.69, 9.17) is 9.47 Å². The van der Waals surface area contributed by atoms with Gasteiger partial charge in [0.25, 0.3) is 0 Å². The molecule has 0 aliphatic rings. The quantitative estimate of drug-likeness (QED) is 0.0918. The Morgan fingerprint density at radius 2 is 0.877 bits per heavy atom. The summed E-state index contributed by atoms with van der Waals surface area (Å²) in [6.45, 7) is 5.21. The van der Waals surface area contributed by atoms with Crippen molar-refractivity contribution < 1.29 is 9.47 Å². The van der Waals surface area contributed by atoms with E-state index in [2.05, 4.69) is 208 Å². The first kappa shape index (κ1) is 38.9. The summed E-state index contributed by atoms with van der Waals surface area (Å²) in [4.78, 5) is 0. The lowest BCUT2D eigenvalue weighted by Gasteiger charge is -2.20. The van der Waals surface area contributed by atoms with Crippen LogP contribution in [0, 0.1) is 5.92 Å². The molecule has 0 radical (unpaired) electrons. The maximum absolute atomic E-state index is 6.81. The minimum Gasteiger partial charge on any atom is -0.496 e. The Kier molecular flexibility index (Phi) is 13.3. The average Bonchev–Trinajstić information content (AvgIpc) is 3.29. The van der Waals surface area contributed by atoms with Crippen LogP contribution in [-0.4, -0.2) is 13.7 Å². The molecule has 0 heterocycles. The molecule has 7 aromatic rings. The van der Waals surface area contributed by atoms with Gasteiger partial charge in [0.05, 0.1) is 13.7 Å². The van der Waals surface area contributed by atoms with Gasteiger partial charge in [-0.1, -0.05) is 203 Å². The Hall–Kier alpha value is -6.38. The van der Waals surface area contributed by atoms with Crippen molar-refractivity contribution in [1.82, 2.24) is 0 Å². The minimum atomic E-state index is 0.500. The van der Waals surface area contributed by atoms with E-state index in [1.807, 2.05) is 0 Å². The summed E-state index contributed by atoms with van der Waals surface area (Å²) in [7, 11) is 1.76. The van der Waals surface area contributed by atoms with Crippen molar-refractivity contribution in [2.45, 2.75) is 39.5 Å². The second-order valence-electron chi connectivity index (χ2n) is 14.6. The highest BCUT2D eigenvalue weighted by atomic mass is 16.5. The number of hydrogen-bond donors (Lipinski definition) is 0. The minimum absolute atomic E-state index is 0.500. The maximum Gasteiger partial charge on any atom is 0.128 e. The molecule has 2 nitrogen and oxygen atoms in total. The van der Waals surface area contributed by atoms with Crippen LogP contribution in [0.4, 0.5) is 0 Å². The van der Waals surface area contributed by atoms with Crippen molar-refractivity contribution in [3.8, 4) is 33.8 Å². The van der Waals surface area contributed by atoms with Gasteiger partial charge in [0.15, 0.2) is 0 Å². The summed E-state index contributed by atoms with van der Waals surface area (Å²) in [5.74, 6) is 2.19. The lowest BCUT2D eigenvalue weighted by molar-refractivity contribution is 0.234. The van der Waals surface area contributed by atoms with Crippen LogP contribution in [0.3, 0.4) is 0 Å². The molecule has 7 rings (SSSR count). The molecule has 0 N–H and O–H groups in total. The Morgan fingerprint density at radius 1 is 0.491 bits per heavy atom. The number of benzene rings is 7. The average molecular weight is 745 g/mol. The SMILES string of the molecule is CCCCC(CC)COc1cc(-c2ccc(C=C(c3ccccc3)c3ccccc3)cc2)c(OC)cc1-c1ccc(C=C(c2ccccc2)c2ccccc2)cc1. The maximum atomic E-state index is 6.81. The molecule has 0 amide bonds. The Bertz CT molecular complexity index is 2280. The number of hydrogen-bond acceptors (Lipinski definition) is 2. The van der Waals surface area contributed by atoms with E-state index in [0.717, 1.165) is 51.3 Å². The molecule has 2 heteroatoms. The molecule has 1 unspecified atom stereocenters. The van der Waals surface area contributed by atoms with Crippen molar-refractivity contribution in [2.75, 3.05) is 13.7 Å². The van der Waals surface area contributed by atoms with E-state index in [0.29, 0.717) is 12.5 Å². The molecule has 0 aliphatic heterocycles. The number of unbranched alkanes of at least 4 members (excludes halogenated alkanes) is 1. The van der Waals surface area contributed by atoms with Crippen molar-refractivity contribution in [2.24, 2.45) is 5.92 Å². The Balaban J connectivity index is 1.24. The van der Waals surface area contributed by atoms with E-state index in [1.165, 1.54) is 52.7 Å². The van der Waals surface area contributed by atoms with Crippen LogP contribution in [0.2, 0.25) is 0 Å². The van der Waals surface area contributed by atoms with Crippen LogP contribution in [0.25, 0.3) is 45.6 Å². The van der Waals surface area contributed by atoms with Gasteiger partial charge in [0, 0.05) is 11.1 Å². The van der Waals surface area contributed by atoms with Crippen molar-refractivity contribution in [1.29, 1.82) is 0 Å². The van der Waals surface area contributed by atoms with Gasteiger partial charge in [-0.25, -0.2) is 0 Å². The van der Waals surface area contributed by atoms with E-state index in [-0.39, 0.29) is 0 Å². The number of ether oxygens (including phenoxy) is 2. The van der Waals surface area contributed by atoms with Crippen molar-refractivity contribution in [3.63, 3.8) is 0 Å². The standard InChI is InChI=1S/C55H52O2/c1-4-6-19-41(5-2)40-57-55-39-52(48-32-28-42(29-33-48)36-50(44-20-11-7-12-21-44)45-22-13-8-14-23-45)54(56-3)38-53(55)49-34-30-43(31-35-49)37-51(46-24-15-9-16-25-46)47-26-17-10-18-27-47/h7-18,20-39,41H,4-6,19,40H2,1-3H3. The zero-order chi connectivity index (χ0) is 39.2. The van der Waals surface area contributed by atoms with Crippen LogP contribution in [0.1, 0.15) is 72.9 Å². The molecule has 1 atom stereocenters. The van der Waals surface area contributed by atoms with Gasteiger partial charge in [-0.3, -0.25) is 0 Å². The Labute approximate surface area is 339 Å². The fraction of sp³-hybridized carbons (Fsp3) is 0.164. The molecular weight excluding hydrogens is 693 g/mol. The fourth-order valence-corrected chi connectivity index (χ4v) is 7.39. The van der Waals surface area contributed by atoms with E-state index in [1.54, 1.807) is 7.11 Å². The normalized spacial score (nSPS) is 11.4. The lowest BCUT2D eigenvalue weighted by atomic mass is 9.93. The summed E-state index contributed by atoms with van der Waals surface area (Å²) < 4.78 is 12.9. The molecular formula is C55H52O2. The largest absolute Gasteiger partial charge is 0.496 e. The first-order valence-electron chi connectivity index (χ1n) is 20.3. The third kappa shape index (κ3) is 9.90. The van der Waals surface area contributed by atoms with Gasteiger partial charge < -0.3 is 9.47 Å². The molecule has 0 saturated carbocycles. The van der Waals surface area contributed by atoms with Crippen LogP contribution >= 0.6 is 0 Å². The molecule has 0 saturated heterocycles. The smallest absolute Gasteiger partial charge is 0.128 e. The predicted molar refractivity (Wildman–Crippen MR) is 242 cm³/mol. The molecule has 0 aromatic heterocycles. The molecule has 0 fully saturated rings. The molecule has 7 aromatic carbocycles. The summed E-state index contributed by atoms with van der Waals surface area (Å²) in [6, 6.07) is 64.3. The molecule has 57 heavy (non-hydrogen) atoms. The van der Waals surface area contributed by atoms with Gasteiger partial charge in [0.1, 0.15) is 11.5 Å². The summed E-state index contributed by atoms with van der Waals surface area (Å²) in [5, 5.41) is 0. The molecule has 0 bridgehead atoms. The topological polar surface area (TPSA) is 18.5 Å². The predicted octanol–water partition coefficient (Wildman–Crippen LogP) is 14.8. The monoisotopic (exact) mass is 744 g/mol. The third-order valence-corrected chi connectivity index (χ3v) is 10.7.